The molecule has 0 aliphatic carbocycles. The van der Waals surface area contributed by atoms with Crippen molar-refractivity contribution in [3.05, 3.63) is 36.9 Å². The summed E-state index contributed by atoms with van der Waals surface area (Å²) in [5, 5.41) is 8.90. The molecule has 0 aliphatic rings. The van der Waals surface area contributed by atoms with Crippen molar-refractivity contribution in [1.29, 1.82) is 0 Å². The van der Waals surface area contributed by atoms with E-state index in [9.17, 15) is 13.2 Å². The summed E-state index contributed by atoms with van der Waals surface area (Å²) in [6.45, 7) is 5.11. The molecule has 0 radical (unpaired) electrons. The van der Waals surface area contributed by atoms with Gasteiger partial charge in [0.2, 0.25) is 0 Å². The van der Waals surface area contributed by atoms with E-state index in [0.717, 1.165) is 0 Å². The van der Waals surface area contributed by atoms with E-state index in [1.165, 1.54) is 17.0 Å². The molecular weight excluding hydrogens is 266 g/mol. The molecule has 0 unspecified atom stereocenters. The van der Waals surface area contributed by atoms with Crippen molar-refractivity contribution in [1.82, 2.24) is 0 Å². The first-order valence-electron chi connectivity index (χ1n) is 5.81. The van der Waals surface area contributed by atoms with Gasteiger partial charge in [-0.25, -0.2) is 8.42 Å². The summed E-state index contributed by atoms with van der Waals surface area (Å²) in [5.41, 5.74) is 0.395. The predicted molar refractivity (Wildman–Crippen MR) is 74.2 cm³/mol. The first-order valence-corrected chi connectivity index (χ1v) is 7.47. The Hall–Kier alpha value is -1.82. The van der Waals surface area contributed by atoms with E-state index in [0.29, 0.717) is 5.69 Å². The molecule has 1 aromatic carbocycles. The second-order valence-electron chi connectivity index (χ2n) is 3.93. The highest BCUT2D eigenvalue weighted by molar-refractivity contribution is 7.91. The van der Waals surface area contributed by atoms with Crippen LogP contribution in [0.3, 0.4) is 0 Å². The van der Waals surface area contributed by atoms with Gasteiger partial charge in [-0.3, -0.25) is 4.79 Å². The van der Waals surface area contributed by atoms with E-state index in [1.54, 1.807) is 25.1 Å². The van der Waals surface area contributed by atoms with Crippen molar-refractivity contribution in [3.8, 4) is 0 Å². The third-order valence-corrected chi connectivity index (χ3v) is 4.37. The molecule has 0 fully saturated rings. The van der Waals surface area contributed by atoms with Crippen molar-refractivity contribution in [2.45, 2.75) is 11.8 Å². The molecule has 0 amide bonds. The van der Waals surface area contributed by atoms with Gasteiger partial charge < -0.3 is 10.0 Å². The van der Waals surface area contributed by atoms with Crippen LogP contribution in [0.1, 0.15) is 6.92 Å². The number of carbonyl (C=O) groups is 1. The number of anilines is 1. The van der Waals surface area contributed by atoms with Crippen LogP contribution in [-0.2, 0) is 14.6 Å². The lowest BCUT2D eigenvalue weighted by molar-refractivity contribution is -0.135. The van der Waals surface area contributed by atoms with Crippen LogP contribution in [-0.4, -0.2) is 38.3 Å². The van der Waals surface area contributed by atoms with Crippen LogP contribution in [0, 0.1) is 0 Å². The minimum atomic E-state index is -3.40. The SMILES string of the molecule is C=CCN(CC(=O)O)c1ccccc1S(=O)(=O)CC. The molecule has 0 heterocycles. The lowest BCUT2D eigenvalue weighted by atomic mass is 10.3. The molecule has 0 bridgehead atoms. The van der Waals surface area contributed by atoms with Crippen LogP contribution in [0.2, 0.25) is 0 Å². The number of carboxylic acids is 1. The maximum atomic E-state index is 12.0. The zero-order chi connectivity index (χ0) is 14.5. The van der Waals surface area contributed by atoms with Crippen molar-refractivity contribution >= 4 is 21.5 Å². The number of nitrogens with zero attached hydrogens (tertiary/aromatic N) is 1. The van der Waals surface area contributed by atoms with E-state index >= 15 is 0 Å². The molecule has 104 valence electrons. The molecule has 5 nitrogen and oxygen atoms in total. The van der Waals surface area contributed by atoms with Gasteiger partial charge in [-0.05, 0) is 12.1 Å². The molecule has 19 heavy (non-hydrogen) atoms. The van der Waals surface area contributed by atoms with Crippen LogP contribution in [0.25, 0.3) is 0 Å². The van der Waals surface area contributed by atoms with Crippen LogP contribution < -0.4 is 4.90 Å². The lowest BCUT2D eigenvalue weighted by Crippen LogP contribution is -2.31. The zero-order valence-corrected chi connectivity index (χ0v) is 11.6. The Morgan fingerprint density at radius 2 is 2.05 bits per heavy atom. The Morgan fingerprint density at radius 3 is 2.58 bits per heavy atom. The van der Waals surface area contributed by atoms with Crippen LogP contribution in [0.5, 0.6) is 0 Å². The second kappa shape index (κ2) is 6.38. The monoisotopic (exact) mass is 283 g/mol. The van der Waals surface area contributed by atoms with Gasteiger partial charge >= 0.3 is 5.97 Å². The Morgan fingerprint density at radius 1 is 1.42 bits per heavy atom. The van der Waals surface area contributed by atoms with E-state index in [-0.39, 0.29) is 23.7 Å². The average molecular weight is 283 g/mol. The fourth-order valence-corrected chi connectivity index (χ4v) is 2.82. The minimum Gasteiger partial charge on any atom is -0.480 e. The van der Waals surface area contributed by atoms with Crippen LogP contribution in [0.15, 0.2) is 41.8 Å². The number of sulfone groups is 1. The van der Waals surface area contributed by atoms with Gasteiger partial charge in [0.25, 0.3) is 0 Å². The number of aliphatic carboxylic acids is 1. The number of benzene rings is 1. The molecule has 1 N–H and O–H groups in total. The van der Waals surface area contributed by atoms with Gasteiger partial charge in [-0.15, -0.1) is 6.58 Å². The van der Waals surface area contributed by atoms with Crippen LogP contribution in [0.4, 0.5) is 5.69 Å². The molecular formula is C13H17NO4S. The molecule has 0 aromatic heterocycles. The topological polar surface area (TPSA) is 74.7 Å². The summed E-state index contributed by atoms with van der Waals surface area (Å²) in [6.07, 6.45) is 1.54. The molecule has 0 saturated heterocycles. The van der Waals surface area contributed by atoms with Crippen molar-refractivity contribution in [2.24, 2.45) is 0 Å². The zero-order valence-electron chi connectivity index (χ0n) is 10.7. The third kappa shape index (κ3) is 3.82. The highest BCUT2D eigenvalue weighted by Gasteiger charge is 2.20. The Labute approximate surface area is 113 Å². The van der Waals surface area contributed by atoms with Crippen molar-refractivity contribution < 1.29 is 18.3 Å². The fraction of sp³-hybridized carbons (Fsp3) is 0.308. The van der Waals surface area contributed by atoms with E-state index in [2.05, 4.69) is 6.58 Å². The summed E-state index contributed by atoms with van der Waals surface area (Å²) in [7, 11) is -3.40. The molecule has 0 saturated carbocycles. The minimum absolute atomic E-state index is 0.0288. The maximum absolute atomic E-state index is 12.0. The summed E-state index contributed by atoms with van der Waals surface area (Å²) in [4.78, 5) is 12.5. The Kier molecular flexibility index (Phi) is 5.11. The van der Waals surface area contributed by atoms with Gasteiger partial charge in [0.15, 0.2) is 9.84 Å². The second-order valence-corrected chi connectivity index (χ2v) is 6.18. The highest BCUT2D eigenvalue weighted by atomic mass is 32.2. The third-order valence-electron chi connectivity index (χ3n) is 2.60. The quantitative estimate of drug-likeness (QED) is 0.769. The number of para-hydroxylation sites is 1. The summed E-state index contributed by atoms with van der Waals surface area (Å²) in [5.74, 6) is -1.05. The van der Waals surface area contributed by atoms with Crippen LogP contribution >= 0.6 is 0 Å². The molecule has 0 spiro atoms. The first kappa shape index (κ1) is 15.2. The first-order chi connectivity index (χ1) is 8.92. The summed E-state index contributed by atoms with van der Waals surface area (Å²) in [6, 6.07) is 6.40. The number of hydrogen-bond donors (Lipinski definition) is 1. The van der Waals surface area contributed by atoms with Gasteiger partial charge in [0.1, 0.15) is 6.54 Å². The molecule has 0 aliphatic heterocycles. The van der Waals surface area contributed by atoms with E-state index < -0.39 is 15.8 Å². The van der Waals surface area contributed by atoms with Gasteiger partial charge in [-0.1, -0.05) is 25.1 Å². The number of rotatable bonds is 7. The average Bonchev–Trinajstić information content (AvgIpc) is 2.38. The Balaban J connectivity index is 3.31. The normalized spacial score (nSPS) is 11.0. The predicted octanol–water partition coefficient (Wildman–Crippen LogP) is 1.56. The standard InChI is InChI=1S/C13H17NO4S/c1-3-9-14(10-13(15)16)11-7-5-6-8-12(11)19(17,18)4-2/h3,5-8H,1,4,9-10H2,2H3,(H,15,16). The highest BCUT2D eigenvalue weighted by Crippen LogP contribution is 2.25. The molecule has 1 aromatic rings. The maximum Gasteiger partial charge on any atom is 0.323 e. The van der Waals surface area contributed by atoms with Crippen molar-refractivity contribution in [2.75, 3.05) is 23.7 Å². The fourth-order valence-electron chi connectivity index (χ4n) is 1.70. The smallest absolute Gasteiger partial charge is 0.323 e. The van der Waals surface area contributed by atoms with Crippen molar-refractivity contribution in [3.63, 3.8) is 0 Å². The molecule has 1 rings (SSSR count). The summed E-state index contributed by atoms with van der Waals surface area (Å²) < 4.78 is 24.0. The lowest BCUT2D eigenvalue weighted by Gasteiger charge is -2.23. The number of hydrogen-bond acceptors (Lipinski definition) is 4. The number of carboxylic acid groups (broad SMARTS) is 1. The van der Waals surface area contributed by atoms with E-state index in [4.69, 9.17) is 5.11 Å². The van der Waals surface area contributed by atoms with Gasteiger partial charge in [0.05, 0.1) is 16.3 Å². The Bertz CT molecular complexity index is 566. The van der Waals surface area contributed by atoms with Gasteiger partial charge in [-0.2, -0.15) is 0 Å². The molecule has 6 heteroatoms. The largest absolute Gasteiger partial charge is 0.480 e. The molecule has 0 atom stereocenters. The van der Waals surface area contributed by atoms with E-state index in [1.807, 2.05) is 0 Å². The van der Waals surface area contributed by atoms with Gasteiger partial charge in [0, 0.05) is 6.54 Å². The summed E-state index contributed by atoms with van der Waals surface area (Å²) >= 11 is 0.